The molecule has 0 saturated carbocycles. The SMILES string of the molecule is CC(C)C(C#N)C(=O)c1cc(Cl)ccc1I. The quantitative estimate of drug-likeness (QED) is 0.614. The Bertz CT molecular complexity index is 451. The second-order valence-corrected chi connectivity index (χ2v) is 5.44. The Balaban J connectivity index is 3.14. The van der Waals surface area contributed by atoms with Crippen LogP contribution in [0, 0.1) is 26.7 Å². The average Bonchev–Trinajstić information content (AvgIpc) is 2.22. The van der Waals surface area contributed by atoms with E-state index < -0.39 is 5.92 Å². The van der Waals surface area contributed by atoms with Crippen LogP contribution in [0.5, 0.6) is 0 Å². The van der Waals surface area contributed by atoms with Gasteiger partial charge in [0, 0.05) is 14.2 Å². The van der Waals surface area contributed by atoms with E-state index in [4.69, 9.17) is 16.9 Å². The second kappa shape index (κ2) is 5.65. The monoisotopic (exact) mass is 347 g/mol. The normalized spacial score (nSPS) is 12.2. The molecule has 84 valence electrons. The minimum Gasteiger partial charge on any atom is -0.293 e. The van der Waals surface area contributed by atoms with Crippen molar-refractivity contribution in [3.63, 3.8) is 0 Å². The summed E-state index contributed by atoms with van der Waals surface area (Å²) < 4.78 is 0.827. The lowest BCUT2D eigenvalue weighted by Crippen LogP contribution is -2.19. The summed E-state index contributed by atoms with van der Waals surface area (Å²) in [6, 6.07) is 7.19. The van der Waals surface area contributed by atoms with Crippen LogP contribution in [0.1, 0.15) is 24.2 Å². The van der Waals surface area contributed by atoms with Crippen molar-refractivity contribution >= 4 is 40.0 Å². The third-order valence-electron chi connectivity index (χ3n) is 2.28. The number of hydrogen-bond donors (Lipinski definition) is 0. The highest BCUT2D eigenvalue weighted by molar-refractivity contribution is 14.1. The van der Waals surface area contributed by atoms with Gasteiger partial charge < -0.3 is 0 Å². The zero-order valence-corrected chi connectivity index (χ0v) is 11.9. The maximum Gasteiger partial charge on any atom is 0.181 e. The summed E-state index contributed by atoms with van der Waals surface area (Å²) in [5.74, 6) is -0.747. The van der Waals surface area contributed by atoms with Crippen molar-refractivity contribution in [2.75, 3.05) is 0 Å². The van der Waals surface area contributed by atoms with Gasteiger partial charge in [0.1, 0.15) is 5.92 Å². The van der Waals surface area contributed by atoms with E-state index in [0.29, 0.717) is 10.6 Å². The fraction of sp³-hybridized carbons (Fsp3) is 0.333. The summed E-state index contributed by atoms with van der Waals surface area (Å²) in [6.45, 7) is 3.73. The first-order valence-corrected chi connectivity index (χ1v) is 6.32. The fourth-order valence-electron chi connectivity index (χ4n) is 1.36. The Kier molecular flexibility index (Phi) is 4.75. The fourth-order valence-corrected chi connectivity index (χ4v) is 2.14. The number of halogens is 2. The lowest BCUT2D eigenvalue weighted by Gasteiger charge is -2.12. The van der Waals surface area contributed by atoms with E-state index in [1.807, 2.05) is 13.8 Å². The Morgan fingerprint density at radius 2 is 2.12 bits per heavy atom. The number of ketones is 1. The lowest BCUT2D eigenvalue weighted by atomic mass is 9.89. The Labute approximate surface area is 114 Å². The molecule has 0 aromatic heterocycles. The molecule has 0 bridgehead atoms. The van der Waals surface area contributed by atoms with Crippen LogP contribution in [0.15, 0.2) is 18.2 Å². The maximum absolute atomic E-state index is 12.1. The minimum absolute atomic E-state index is 0.00674. The number of rotatable bonds is 3. The third kappa shape index (κ3) is 2.96. The highest BCUT2D eigenvalue weighted by Crippen LogP contribution is 2.23. The van der Waals surface area contributed by atoms with E-state index in [9.17, 15) is 4.79 Å². The Hall–Kier alpha value is -0.600. The van der Waals surface area contributed by atoms with Crippen molar-refractivity contribution in [3.8, 4) is 6.07 Å². The third-order valence-corrected chi connectivity index (χ3v) is 3.46. The van der Waals surface area contributed by atoms with E-state index in [2.05, 4.69) is 28.7 Å². The number of nitriles is 1. The summed E-state index contributed by atoms with van der Waals surface area (Å²) in [4.78, 5) is 12.1. The molecular formula is C12H11ClINO. The van der Waals surface area contributed by atoms with Crippen LogP contribution in [0.4, 0.5) is 0 Å². The number of benzene rings is 1. The minimum atomic E-state index is -0.605. The average molecular weight is 348 g/mol. The molecule has 1 unspecified atom stereocenters. The van der Waals surface area contributed by atoms with Crippen molar-refractivity contribution in [2.24, 2.45) is 11.8 Å². The molecule has 0 saturated heterocycles. The highest BCUT2D eigenvalue weighted by atomic mass is 127. The largest absolute Gasteiger partial charge is 0.293 e. The Morgan fingerprint density at radius 3 is 2.62 bits per heavy atom. The van der Waals surface area contributed by atoms with Gasteiger partial charge in [-0.25, -0.2) is 0 Å². The summed E-state index contributed by atoms with van der Waals surface area (Å²) >= 11 is 7.93. The molecule has 1 rings (SSSR count). The van der Waals surface area contributed by atoms with Gasteiger partial charge in [0.2, 0.25) is 0 Å². The van der Waals surface area contributed by atoms with Gasteiger partial charge in [-0.2, -0.15) is 5.26 Å². The summed E-state index contributed by atoms with van der Waals surface area (Å²) in [5.41, 5.74) is 0.536. The number of nitrogens with zero attached hydrogens (tertiary/aromatic N) is 1. The van der Waals surface area contributed by atoms with Crippen LogP contribution in [-0.4, -0.2) is 5.78 Å². The smallest absolute Gasteiger partial charge is 0.181 e. The van der Waals surface area contributed by atoms with E-state index >= 15 is 0 Å². The van der Waals surface area contributed by atoms with Crippen molar-refractivity contribution in [1.82, 2.24) is 0 Å². The van der Waals surface area contributed by atoms with Gasteiger partial charge in [-0.3, -0.25) is 4.79 Å². The van der Waals surface area contributed by atoms with Crippen LogP contribution in [0.3, 0.4) is 0 Å². The van der Waals surface area contributed by atoms with Crippen LogP contribution >= 0.6 is 34.2 Å². The summed E-state index contributed by atoms with van der Waals surface area (Å²) in [7, 11) is 0. The maximum atomic E-state index is 12.1. The number of carbonyl (C=O) groups is 1. The molecule has 0 fully saturated rings. The van der Waals surface area contributed by atoms with Crippen molar-refractivity contribution in [3.05, 3.63) is 32.4 Å². The van der Waals surface area contributed by atoms with Crippen molar-refractivity contribution < 1.29 is 4.79 Å². The van der Waals surface area contributed by atoms with Gasteiger partial charge in [0.05, 0.1) is 6.07 Å². The predicted octanol–water partition coefficient (Wildman–Crippen LogP) is 3.92. The zero-order chi connectivity index (χ0) is 12.3. The molecule has 0 heterocycles. The van der Waals surface area contributed by atoms with Gasteiger partial charge in [0.25, 0.3) is 0 Å². The predicted molar refractivity (Wildman–Crippen MR) is 72.4 cm³/mol. The van der Waals surface area contributed by atoms with E-state index in [1.165, 1.54) is 0 Å². The molecule has 0 aliphatic carbocycles. The molecule has 0 amide bonds. The molecule has 2 nitrogen and oxygen atoms in total. The molecule has 1 aromatic carbocycles. The molecule has 0 radical (unpaired) electrons. The van der Waals surface area contributed by atoms with Crippen molar-refractivity contribution in [2.45, 2.75) is 13.8 Å². The Morgan fingerprint density at radius 1 is 1.50 bits per heavy atom. The molecular weight excluding hydrogens is 336 g/mol. The summed E-state index contributed by atoms with van der Waals surface area (Å²) in [6.07, 6.45) is 0. The van der Waals surface area contributed by atoms with Crippen molar-refractivity contribution in [1.29, 1.82) is 5.26 Å². The zero-order valence-electron chi connectivity index (χ0n) is 9.00. The lowest BCUT2D eigenvalue weighted by molar-refractivity contribution is 0.0923. The van der Waals surface area contributed by atoms with Crippen LogP contribution in [0.25, 0.3) is 0 Å². The van der Waals surface area contributed by atoms with Crippen LogP contribution in [0.2, 0.25) is 5.02 Å². The summed E-state index contributed by atoms with van der Waals surface area (Å²) in [5, 5.41) is 9.50. The van der Waals surface area contributed by atoms with Gasteiger partial charge in [-0.1, -0.05) is 25.4 Å². The second-order valence-electron chi connectivity index (χ2n) is 3.84. The van der Waals surface area contributed by atoms with E-state index in [-0.39, 0.29) is 11.7 Å². The molecule has 1 aromatic rings. The number of carbonyl (C=O) groups excluding carboxylic acids is 1. The van der Waals surface area contributed by atoms with Gasteiger partial charge in [-0.05, 0) is 46.7 Å². The molecule has 0 aliphatic heterocycles. The molecule has 0 aliphatic rings. The molecule has 1 atom stereocenters. The van der Waals surface area contributed by atoms with Gasteiger partial charge in [-0.15, -0.1) is 0 Å². The molecule has 4 heteroatoms. The van der Waals surface area contributed by atoms with Gasteiger partial charge in [0.15, 0.2) is 5.78 Å². The first-order chi connectivity index (χ1) is 7.47. The standard InChI is InChI=1S/C12H11ClINO/c1-7(2)10(6-15)12(16)9-5-8(13)3-4-11(9)14/h3-5,7,10H,1-2H3. The topological polar surface area (TPSA) is 40.9 Å². The number of hydrogen-bond acceptors (Lipinski definition) is 2. The molecule has 0 N–H and O–H groups in total. The first kappa shape index (κ1) is 13.5. The van der Waals surface area contributed by atoms with Crippen LogP contribution in [-0.2, 0) is 0 Å². The van der Waals surface area contributed by atoms with Crippen LogP contribution < -0.4 is 0 Å². The van der Waals surface area contributed by atoms with Gasteiger partial charge >= 0.3 is 0 Å². The van der Waals surface area contributed by atoms with E-state index in [0.717, 1.165) is 3.57 Å². The highest BCUT2D eigenvalue weighted by Gasteiger charge is 2.24. The molecule has 0 spiro atoms. The first-order valence-electron chi connectivity index (χ1n) is 4.86. The molecule has 16 heavy (non-hydrogen) atoms. The van der Waals surface area contributed by atoms with E-state index in [1.54, 1.807) is 18.2 Å². The number of Topliss-reactive ketones (excluding diaryl/α,β-unsaturated/α-hetero) is 1.